The molecule has 164 valence electrons. The first-order valence-electron chi connectivity index (χ1n) is 10.7. The number of amides is 2. The number of para-hydroxylation sites is 1. The van der Waals surface area contributed by atoms with Crippen molar-refractivity contribution in [3.8, 4) is 11.5 Å². The Hall–Kier alpha value is -3.80. The van der Waals surface area contributed by atoms with E-state index in [0.29, 0.717) is 36.6 Å². The molecule has 0 spiro atoms. The minimum atomic E-state index is -0.607. The second kappa shape index (κ2) is 9.56. The molecule has 1 atom stereocenters. The number of rotatable bonds is 7. The van der Waals surface area contributed by atoms with E-state index < -0.39 is 6.04 Å². The van der Waals surface area contributed by atoms with Crippen LogP contribution in [-0.4, -0.2) is 31.6 Å². The van der Waals surface area contributed by atoms with Crippen LogP contribution in [0.5, 0.6) is 11.5 Å². The molecule has 1 aliphatic rings. The lowest BCUT2D eigenvalue weighted by molar-refractivity contribution is -0.122. The van der Waals surface area contributed by atoms with Crippen molar-refractivity contribution in [2.24, 2.45) is 0 Å². The number of fused-ring (bicyclic) bond motifs is 1. The van der Waals surface area contributed by atoms with Gasteiger partial charge in [0, 0.05) is 24.2 Å². The molecule has 4 rings (SSSR count). The highest BCUT2D eigenvalue weighted by molar-refractivity contribution is 6.11. The minimum absolute atomic E-state index is 0.182. The normalized spacial score (nSPS) is 14.6. The molecule has 0 saturated heterocycles. The predicted octanol–water partition coefficient (Wildman–Crippen LogP) is 3.98. The molecule has 3 aromatic rings. The zero-order valence-electron chi connectivity index (χ0n) is 18.2. The van der Waals surface area contributed by atoms with Crippen LogP contribution in [-0.2, 0) is 17.8 Å². The molecule has 1 heterocycles. The Morgan fingerprint density at radius 2 is 1.75 bits per heavy atom. The summed E-state index contributed by atoms with van der Waals surface area (Å²) in [4.78, 5) is 28.1. The fourth-order valence-electron chi connectivity index (χ4n) is 3.97. The summed E-state index contributed by atoms with van der Waals surface area (Å²) < 4.78 is 10.9. The van der Waals surface area contributed by atoms with Gasteiger partial charge in [0.05, 0.1) is 13.7 Å². The van der Waals surface area contributed by atoms with Crippen molar-refractivity contribution in [1.29, 1.82) is 0 Å². The summed E-state index contributed by atoms with van der Waals surface area (Å²) in [6.45, 7) is 2.78. The molecule has 6 heteroatoms. The van der Waals surface area contributed by atoms with Crippen LogP contribution < -0.4 is 19.7 Å². The van der Waals surface area contributed by atoms with Gasteiger partial charge in [0.2, 0.25) is 5.91 Å². The zero-order chi connectivity index (χ0) is 22.5. The molecule has 1 aliphatic heterocycles. The average molecular weight is 431 g/mol. The molecule has 0 unspecified atom stereocenters. The van der Waals surface area contributed by atoms with Crippen molar-refractivity contribution in [2.45, 2.75) is 25.9 Å². The number of hydrogen-bond acceptors (Lipinski definition) is 4. The molecule has 32 heavy (non-hydrogen) atoms. The maximum absolute atomic E-state index is 13.3. The van der Waals surface area contributed by atoms with Gasteiger partial charge in [-0.1, -0.05) is 42.5 Å². The van der Waals surface area contributed by atoms with Gasteiger partial charge in [0.25, 0.3) is 5.91 Å². The Bertz CT molecular complexity index is 1110. The van der Waals surface area contributed by atoms with Crippen molar-refractivity contribution < 1.29 is 19.1 Å². The van der Waals surface area contributed by atoms with Crippen LogP contribution in [0.4, 0.5) is 5.69 Å². The molecular formula is C26H26N2O4. The van der Waals surface area contributed by atoms with Gasteiger partial charge in [-0.05, 0) is 48.4 Å². The summed E-state index contributed by atoms with van der Waals surface area (Å²) in [6.07, 6.45) is 0.479. The number of hydrogen-bond donors (Lipinski definition) is 1. The van der Waals surface area contributed by atoms with Gasteiger partial charge in [0.1, 0.15) is 6.04 Å². The number of carbonyl (C=O) groups is 2. The average Bonchev–Trinajstić information content (AvgIpc) is 3.23. The number of anilines is 1. The zero-order valence-corrected chi connectivity index (χ0v) is 18.2. The van der Waals surface area contributed by atoms with Gasteiger partial charge < -0.3 is 14.8 Å². The maximum Gasteiger partial charge on any atom is 0.259 e. The molecule has 6 nitrogen and oxygen atoms in total. The Balaban J connectivity index is 1.53. The third-order valence-electron chi connectivity index (χ3n) is 5.51. The summed E-state index contributed by atoms with van der Waals surface area (Å²) in [5.74, 6) is 0.903. The van der Waals surface area contributed by atoms with Gasteiger partial charge in [-0.25, -0.2) is 0 Å². The molecule has 0 bridgehead atoms. The molecule has 0 aliphatic carbocycles. The quantitative estimate of drug-likeness (QED) is 0.616. The van der Waals surface area contributed by atoms with E-state index in [4.69, 9.17) is 9.47 Å². The van der Waals surface area contributed by atoms with Crippen molar-refractivity contribution >= 4 is 17.5 Å². The Labute approximate surface area is 187 Å². The fraction of sp³-hybridized carbons (Fsp3) is 0.231. The predicted molar refractivity (Wildman–Crippen MR) is 123 cm³/mol. The van der Waals surface area contributed by atoms with Gasteiger partial charge in [-0.2, -0.15) is 0 Å². The first-order valence-corrected chi connectivity index (χ1v) is 10.7. The third-order valence-corrected chi connectivity index (χ3v) is 5.51. The second-order valence-electron chi connectivity index (χ2n) is 7.53. The summed E-state index contributed by atoms with van der Waals surface area (Å²) >= 11 is 0. The van der Waals surface area contributed by atoms with E-state index in [0.717, 1.165) is 16.8 Å². The second-order valence-corrected chi connectivity index (χ2v) is 7.53. The van der Waals surface area contributed by atoms with Crippen molar-refractivity contribution in [1.82, 2.24) is 5.32 Å². The Morgan fingerprint density at radius 1 is 1.00 bits per heavy atom. The smallest absolute Gasteiger partial charge is 0.259 e. The van der Waals surface area contributed by atoms with E-state index in [1.165, 1.54) is 0 Å². The molecule has 1 N–H and O–H groups in total. The number of benzene rings is 3. The number of nitrogens with zero attached hydrogens (tertiary/aromatic N) is 1. The van der Waals surface area contributed by atoms with Crippen LogP contribution in [0, 0.1) is 0 Å². The maximum atomic E-state index is 13.3. The van der Waals surface area contributed by atoms with Crippen LogP contribution in [0.25, 0.3) is 0 Å². The van der Waals surface area contributed by atoms with Gasteiger partial charge in [-0.15, -0.1) is 0 Å². The lowest BCUT2D eigenvalue weighted by Crippen LogP contribution is -2.48. The molecular weight excluding hydrogens is 404 g/mol. The van der Waals surface area contributed by atoms with Crippen LogP contribution in [0.15, 0.2) is 72.8 Å². The van der Waals surface area contributed by atoms with E-state index >= 15 is 0 Å². The first kappa shape index (κ1) is 21.4. The Kier molecular flexibility index (Phi) is 6.40. The first-order chi connectivity index (χ1) is 15.6. The van der Waals surface area contributed by atoms with E-state index in [1.54, 1.807) is 24.1 Å². The van der Waals surface area contributed by atoms with Crippen molar-refractivity contribution in [3.05, 3.63) is 89.5 Å². The summed E-state index contributed by atoms with van der Waals surface area (Å²) in [7, 11) is 1.59. The summed E-state index contributed by atoms with van der Waals surface area (Å²) in [5, 5.41) is 2.99. The van der Waals surface area contributed by atoms with Crippen molar-refractivity contribution in [3.63, 3.8) is 0 Å². The lowest BCUT2D eigenvalue weighted by atomic mass is 10.1. The minimum Gasteiger partial charge on any atom is -0.493 e. The van der Waals surface area contributed by atoms with Crippen LogP contribution >= 0.6 is 0 Å². The molecule has 0 fully saturated rings. The summed E-state index contributed by atoms with van der Waals surface area (Å²) in [5.41, 5.74) is 3.21. The SMILES string of the molecule is CCOc1ccc(CNC(=O)[C@H]2Cc3ccccc3N2C(=O)c2ccccc2)cc1OC. The van der Waals surface area contributed by atoms with Crippen LogP contribution in [0.1, 0.15) is 28.4 Å². The van der Waals surface area contributed by atoms with Gasteiger partial charge >= 0.3 is 0 Å². The van der Waals surface area contributed by atoms with Crippen LogP contribution in [0.2, 0.25) is 0 Å². The molecule has 0 aromatic heterocycles. The third kappa shape index (κ3) is 4.30. The van der Waals surface area contributed by atoms with E-state index in [9.17, 15) is 9.59 Å². The molecule has 0 saturated carbocycles. The van der Waals surface area contributed by atoms with Crippen LogP contribution in [0.3, 0.4) is 0 Å². The summed E-state index contributed by atoms with van der Waals surface area (Å²) in [6, 6.07) is 21.7. The largest absolute Gasteiger partial charge is 0.493 e. The monoisotopic (exact) mass is 430 g/mol. The molecule has 2 amide bonds. The van der Waals surface area contributed by atoms with E-state index in [2.05, 4.69) is 5.32 Å². The fourth-order valence-corrected chi connectivity index (χ4v) is 3.97. The Morgan fingerprint density at radius 3 is 2.50 bits per heavy atom. The highest BCUT2D eigenvalue weighted by Crippen LogP contribution is 2.33. The number of methoxy groups -OCH3 is 1. The van der Waals surface area contributed by atoms with E-state index in [-0.39, 0.29) is 11.8 Å². The number of carbonyl (C=O) groups excluding carboxylic acids is 2. The lowest BCUT2D eigenvalue weighted by Gasteiger charge is -2.25. The standard InChI is InChI=1S/C26H26N2O4/c1-3-32-23-14-13-18(15-24(23)31-2)17-27-25(29)22-16-20-11-7-8-12-21(20)28(22)26(30)19-9-5-4-6-10-19/h4-15,22H,3,16-17H2,1-2H3,(H,27,29)/t22-/m1/s1. The highest BCUT2D eigenvalue weighted by atomic mass is 16.5. The van der Waals surface area contributed by atoms with Gasteiger partial charge in [0.15, 0.2) is 11.5 Å². The molecule has 3 aromatic carbocycles. The topological polar surface area (TPSA) is 67.9 Å². The number of nitrogens with one attached hydrogen (secondary N) is 1. The van der Waals surface area contributed by atoms with Gasteiger partial charge in [-0.3, -0.25) is 14.5 Å². The highest BCUT2D eigenvalue weighted by Gasteiger charge is 2.38. The van der Waals surface area contributed by atoms with Crippen molar-refractivity contribution in [2.75, 3.05) is 18.6 Å². The van der Waals surface area contributed by atoms with E-state index in [1.807, 2.05) is 67.6 Å². The molecule has 0 radical (unpaired) electrons. The number of ether oxygens (including phenoxy) is 2.